The smallest absolute Gasteiger partial charge is 0.338 e. The summed E-state index contributed by atoms with van der Waals surface area (Å²) in [6.07, 6.45) is 2.07. The number of ether oxygens (including phenoxy) is 2. The van der Waals surface area contributed by atoms with E-state index in [9.17, 15) is 4.79 Å². The van der Waals surface area contributed by atoms with Gasteiger partial charge in [-0.2, -0.15) is 0 Å². The zero-order valence-corrected chi connectivity index (χ0v) is 12.7. The van der Waals surface area contributed by atoms with Gasteiger partial charge in [-0.1, -0.05) is 24.3 Å². The quantitative estimate of drug-likeness (QED) is 0.682. The van der Waals surface area contributed by atoms with Crippen molar-refractivity contribution in [2.24, 2.45) is 0 Å². The van der Waals surface area contributed by atoms with Crippen LogP contribution in [0, 0.1) is 0 Å². The van der Waals surface area contributed by atoms with Gasteiger partial charge >= 0.3 is 5.97 Å². The lowest BCUT2D eigenvalue weighted by molar-refractivity contribution is 0.0347. The van der Waals surface area contributed by atoms with E-state index in [1.165, 1.54) is 11.0 Å². The number of tetrazole rings is 1. The molecule has 7 heteroatoms. The maximum atomic E-state index is 12.3. The minimum Gasteiger partial charge on any atom is -0.486 e. The van der Waals surface area contributed by atoms with Gasteiger partial charge in [0.2, 0.25) is 0 Å². The number of nitrogens with zero attached hydrogens (tertiary/aromatic N) is 4. The van der Waals surface area contributed by atoms with Gasteiger partial charge in [0.05, 0.1) is 11.3 Å². The first-order valence-electron chi connectivity index (χ1n) is 7.55. The lowest BCUT2D eigenvalue weighted by atomic mass is 10.1. The molecule has 120 valence electrons. The van der Waals surface area contributed by atoms with Crippen LogP contribution in [0.1, 0.15) is 15.9 Å². The molecule has 2 aromatic carbocycles. The number of para-hydroxylation sites is 1. The van der Waals surface area contributed by atoms with Crippen molar-refractivity contribution in [1.82, 2.24) is 20.2 Å². The van der Waals surface area contributed by atoms with Crippen molar-refractivity contribution in [1.29, 1.82) is 0 Å². The molecule has 1 aliphatic rings. The van der Waals surface area contributed by atoms with Gasteiger partial charge in [0.1, 0.15) is 24.8 Å². The number of carbonyl (C=O) groups excluding carboxylic acids is 1. The zero-order chi connectivity index (χ0) is 16.4. The van der Waals surface area contributed by atoms with E-state index in [4.69, 9.17) is 9.47 Å². The third kappa shape index (κ3) is 2.83. The van der Waals surface area contributed by atoms with Crippen molar-refractivity contribution >= 4 is 5.97 Å². The van der Waals surface area contributed by atoms with Gasteiger partial charge in [-0.15, -0.1) is 5.10 Å². The molecule has 7 nitrogen and oxygen atoms in total. The molecule has 1 unspecified atom stereocenters. The molecular weight excluding hydrogens is 308 g/mol. The van der Waals surface area contributed by atoms with Crippen LogP contribution < -0.4 is 4.74 Å². The molecule has 0 N–H and O–H groups in total. The summed E-state index contributed by atoms with van der Waals surface area (Å²) in [5.74, 6) is 0.462. The van der Waals surface area contributed by atoms with E-state index in [1.54, 1.807) is 18.2 Å². The number of esters is 1. The van der Waals surface area contributed by atoms with E-state index in [1.807, 2.05) is 30.3 Å². The largest absolute Gasteiger partial charge is 0.486 e. The summed E-state index contributed by atoms with van der Waals surface area (Å²) in [4.78, 5) is 12.3. The molecule has 1 aromatic heterocycles. The summed E-state index contributed by atoms with van der Waals surface area (Å²) in [6.45, 7) is 0.211. The fourth-order valence-electron chi connectivity index (χ4n) is 2.65. The molecule has 0 fully saturated rings. The first-order chi connectivity index (χ1) is 11.8. The van der Waals surface area contributed by atoms with E-state index in [0.29, 0.717) is 11.3 Å². The van der Waals surface area contributed by atoms with Gasteiger partial charge in [0, 0.05) is 6.42 Å². The molecule has 3 aromatic rings. The maximum absolute atomic E-state index is 12.3. The number of fused-ring (bicyclic) bond motifs is 1. The van der Waals surface area contributed by atoms with Crippen LogP contribution in [0.15, 0.2) is 54.9 Å². The molecular formula is C17H14N4O3. The van der Waals surface area contributed by atoms with Crippen LogP contribution in [0.4, 0.5) is 0 Å². The molecule has 0 aliphatic carbocycles. The molecule has 2 heterocycles. The molecule has 4 rings (SSSR count). The lowest BCUT2D eigenvalue weighted by Gasteiger charge is -2.11. The van der Waals surface area contributed by atoms with E-state index in [2.05, 4.69) is 15.5 Å². The Labute approximate surface area is 137 Å². The second kappa shape index (κ2) is 6.11. The van der Waals surface area contributed by atoms with Crippen LogP contribution in [0.25, 0.3) is 5.69 Å². The Kier molecular flexibility index (Phi) is 3.66. The van der Waals surface area contributed by atoms with Crippen molar-refractivity contribution in [2.45, 2.75) is 12.5 Å². The number of hydrogen-bond donors (Lipinski definition) is 0. The first kappa shape index (κ1) is 14.4. The summed E-state index contributed by atoms with van der Waals surface area (Å²) in [6, 6.07) is 14.8. The molecule has 0 spiro atoms. The third-order valence-electron chi connectivity index (χ3n) is 3.81. The SMILES string of the molecule is O=C(OCC1Cc2ccccc2O1)c1cccc(-n2cnnn2)c1. The number of rotatable bonds is 4. The zero-order valence-electron chi connectivity index (χ0n) is 12.7. The fourth-order valence-corrected chi connectivity index (χ4v) is 2.65. The highest BCUT2D eigenvalue weighted by Gasteiger charge is 2.24. The summed E-state index contributed by atoms with van der Waals surface area (Å²) >= 11 is 0. The first-order valence-corrected chi connectivity index (χ1v) is 7.55. The minimum absolute atomic E-state index is 0.144. The monoisotopic (exact) mass is 322 g/mol. The third-order valence-corrected chi connectivity index (χ3v) is 3.81. The predicted octanol–water partition coefficient (Wildman–Crippen LogP) is 1.82. The van der Waals surface area contributed by atoms with E-state index in [0.717, 1.165) is 17.7 Å². The molecule has 1 atom stereocenters. The molecule has 1 aliphatic heterocycles. The van der Waals surface area contributed by atoms with Crippen molar-refractivity contribution < 1.29 is 14.3 Å². The number of hydrogen-bond acceptors (Lipinski definition) is 6. The van der Waals surface area contributed by atoms with Crippen LogP contribution >= 0.6 is 0 Å². The molecule has 24 heavy (non-hydrogen) atoms. The van der Waals surface area contributed by atoms with Crippen LogP contribution in [-0.4, -0.2) is 38.9 Å². The van der Waals surface area contributed by atoms with Gasteiger partial charge in [0.25, 0.3) is 0 Å². The highest BCUT2D eigenvalue weighted by Crippen LogP contribution is 2.28. The van der Waals surface area contributed by atoms with Gasteiger partial charge in [0.15, 0.2) is 0 Å². The van der Waals surface area contributed by atoms with Crippen molar-refractivity contribution in [3.05, 3.63) is 66.0 Å². The second-order valence-electron chi connectivity index (χ2n) is 5.45. The Balaban J connectivity index is 1.40. The van der Waals surface area contributed by atoms with Gasteiger partial charge < -0.3 is 9.47 Å². The van der Waals surface area contributed by atoms with Gasteiger partial charge in [-0.05, 0) is 40.3 Å². The van der Waals surface area contributed by atoms with Gasteiger partial charge in [-0.3, -0.25) is 0 Å². The summed E-state index contributed by atoms with van der Waals surface area (Å²) in [5.41, 5.74) is 2.27. The Hall–Kier alpha value is -3.22. The highest BCUT2D eigenvalue weighted by molar-refractivity contribution is 5.90. The van der Waals surface area contributed by atoms with E-state index in [-0.39, 0.29) is 12.7 Å². The summed E-state index contributed by atoms with van der Waals surface area (Å²) < 4.78 is 12.6. The Morgan fingerprint density at radius 3 is 3.00 bits per heavy atom. The van der Waals surface area contributed by atoms with Crippen LogP contribution in [-0.2, 0) is 11.2 Å². The maximum Gasteiger partial charge on any atom is 0.338 e. The highest BCUT2D eigenvalue weighted by atomic mass is 16.6. The fraction of sp³-hybridized carbons (Fsp3) is 0.176. The number of aromatic nitrogens is 4. The van der Waals surface area contributed by atoms with E-state index < -0.39 is 5.97 Å². The number of carbonyl (C=O) groups is 1. The van der Waals surface area contributed by atoms with Crippen molar-refractivity contribution in [3.63, 3.8) is 0 Å². The normalized spacial score (nSPS) is 15.6. The molecule has 0 saturated carbocycles. The molecule has 0 saturated heterocycles. The average Bonchev–Trinajstić information content (AvgIpc) is 3.29. The summed E-state index contributed by atoms with van der Waals surface area (Å²) in [7, 11) is 0. The van der Waals surface area contributed by atoms with Crippen LogP contribution in [0.5, 0.6) is 5.75 Å². The number of benzene rings is 2. The molecule has 0 bridgehead atoms. The predicted molar refractivity (Wildman–Crippen MR) is 84.0 cm³/mol. The summed E-state index contributed by atoms with van der Waals surface area (Å²) in [5, 5.41) is 11.0. The molecule has 0 radical (unpaired) electrons. The lowest BCUT2D eigenvalue weighted by Crippen LogP contribution is -2.23. The van der Waals surface area contributed by atoms with Crippen LogP contribution in [0.3, 0.4) is 0 Å². The van der Waals surface area contributed by atoms with E-state index >= 15 is 0 Å². The minimum atomic E-state index is -0.399. The molecule has 0 amide bonds. The van der Waals surface area contributed by atoms with Crippen LogP contribution in [0.2, 0.25) is 0 Å². The Bertz CT molecular complexity index is 839. The average molecular weight is 322 g/mol. The standard InChI is InChI=1S/C17H14N4O3/c22-17(13-5-3-6-14(8-13)21-11-18-19-20-21)23-10-15-9-12-4-1-2-7-16(12)24-15/h1-8,11,15H,9-10H2. The van der Waals surface area contributed by atoms with Gasteiger partial charge in [-0.25, -0.2) is 9.48 Å². The second-order valence-corrected chi connectivity index (χ2v) is 5.45. The topological polar surface area (TPSA) is 79.1 Å². The van der Waals surface area contributed by atoms with Crippen molar-refractivity contribution in [2.75, 3.05) is 6.61 Å². The Morgan fingerprint density at radius 2 is 2.17 bits per heavy atom. The van der Waals surface area contributed by atoms with Crippen molar-refractivity contribution in [3.8, 4) is 11.4 Å². The Morgan fingerprint density at radius 1 is 1.25 bits per heavy atom.